The van der Waals surface area contributed by atoms with Gasteiger partial charge in [-0.1, -0.05) is 24.6 Å². The van der Waals surface area contributed by atoms with Crippen molar-refractivity contribution in [3.05, 3.63) is 29.3 Å². The molecule has 2 aliphatic rings. The average Bonchev–Trinajstić information content (AvgIpc) is 3.04. The first kappa shape index (κ1) is 17.6. The zero-order valence-electron chi connectivity index (χ0n) is 14.4. The first-order valence-corrected chi connectivity index (χ1v) is 9.50. The molecule has 24 heavy (non-hydrogen) atoms. The predicted molar refractivity (Wildman–Crippen MR) is 99.6 cm³/mol. The molecule has 1 amide bonds. The number of halogens is 1. The molecule has 2 atom stereocenters. The van der Waals surface area contributed by atoms with Crippen LogP contribution in [0, 0.1) is 11.8 Å². The van der Waals surface area contributed by atoms with Gasteiger partial charge in [-0.15, -0.1) is 0 Å². The molecule has 0 bridgehead atoms. The molecule has 2 unspecified atom stereocenters. The van der Waals surface area contributed by atoms with Crippen molar-refractivity contribution < 1.29 is 4.79 Å². The molecule has 0 aromatic heterocycles. The Morgan fingerprint density at radius 3 is 2.92 bits per heavy atom. The Morgan fingerprint density at radius 1 is 1.38 bits per heavy atom. The quantitative estimate of drug-likeness (QED) is 0.858. The summed E-state index contributed by atoms with van der Waals surface area (Å²) in [6.45, 7) is 6.24. The third kappa shape index (κ3) is 4.64. The first-order chi connectivity index (χ1) is 11.6. The highest BCUT2D eigenvalue weighted by atomic mass is 35.5. The number of amides is 1. The van der Waals surface area contributed by atoms with Gasteiger partial charge in [-0.3, -0.25) is 4.79 Å². The average molecular weight is 350 g/mol. The fourth-order valence-corrected chi connectivity index (χ4v) is 4.13. The summed E-state index contributed by atoms with van der Waals surface area (Å²) in [5.41, 5.74) is 1.14. The Balaban J connectivity index is 1.45. The maximum absolute atomic E-state index is 12.4. The van der Waals surface area contributed by atoms with Gasteiger partial charge in [0.15, 0.2) is 0 Å². The fourth-order valence-electron chi connectivity index (χ4n) is 3.94. The number of rotatable bonds is 5. The lowest BCUT2D eigenvalue weighted by Crippen LogP contribution is -2.39. The molecule has 2 N–H and O–H groups in total. The lowest BCUT2D eigenvalue weighted by Gasteiger charge is -2.28. The molecule has 2 aliphatic heterocycles. The number of nitrogens with zero attached hydrogens (tertiary/aromatic N) is 1. The van der Waals surface area contributed by atoms with Crippen LogP contribution >= 0.6 is 11.6 Å². The van der Waals surface area contributed by atoms with Crippen LogP contribution in [0.1, 0.15) is 32.6 Å². The van der Waals surface area contributed by atoms with Crippen LogP contribution < -0.4 is 15.5 Å². The minimum Gasteiger partial charge on any atom is -0.369 e. The van der Waals surface area contributed by atoms with Crippen molar-refractivity contribution in [2.45, 2.75) is 38.6 Å². The summed E-state index contributed by atoms with van der Waals surface area (Å²) in [7, 11) is 0. The molecule has 0 saturated carbocycles. The molecule has 2 fully saturated rings. The summed E-state index contributed by atoms with van der Waals surface area (Å²) in [6, 6.07) is 8.18. The Hall–Kier alpha value is -1.26. The van der Waals surface area contributed by atoms with Gasteiger partial charge in [0.2, 0.25) is 5.91 Å². The lowest BCUT2D eigenvalue weighted by molar-refractivity contribution is -0.122. The number of piperidine rings is 1. The van der Waals surface area contributed by atoms with Crippen molar-refractivity contribution in [2.24, 2.45) is 11.8 Å². The van der Waals surface area contributed by atoms with Gasteiger partial charge in [0.1, 0.15) is 0 Å². The van der Waals surface area contributed by atoms with E-state index in [1.54, 1.807) is 0 Å². The van der Waals surface area contributed by atoms with Crippen LogP contribution in [-0.2, 0) is 4.79 Å². The largest absolute Gasteiger partial charge is 0.369 e. The van der Waals surface area contributed by atoms with Gasteiger partial charge < -0.3 is 15.5 Å². The Labute approximate surface area is 149 Å². The van der Waals surface area contributed by atoms with Gasteiger partial charge in [-0.2, -0.15) is 0 Å². The first-order valence-electron chi connectivity index (χ1n) is 9.12. The second-order valence-corrected chi connectivity index (χ2v) is 7.68. The summed E-state index contributed by atoms with van der Waals surface area (Å²) in [4.78, 5) is 14.7. The van der Waals surface area contributed by atoms with Crippen LogP contribution in [0.25, 0.3) is 0 Å². The van der Waals surface area contributed by atoms with E-state index in [4.69, 9.17) is 11.6 Å². The van der Waals surface area contributed by atoms with Crippen molar-refractivity contribution in [1.82, 2.24) is 10.6 Å². The number of carbonyl (C=O) groups excluding carboxylic acids is 1. The molecular weight excluding hydrogens is 322 g/mol. The summed E-state index contributed by atoms with van der Waals surface area (Å²) >= 11 is 6.07. The molecule has 3 rings (SSSR count). The Kier molecular flexibility index (Phi) is 6.01. The smallest absolute Gasteiger partial charge is 0.220 e. The van der Waals surface area contributed by atoms with Crippen LogP contribution in [-0.4, -0.2) is 38.1 Å². The molecule has 4 nitrogen and oxygen atoms in total. The van der Waals surface area contributed by atoms with Crippen molar-refractivity contribution in [1.29, 1.82) is 0 Å². The highest BCUT2D eigenvalue weighted by molar-refractivity contribution is 6.30. The third-order valence-electron chi connectivity index (χ3n) is 5.42. The van der Waals surface area contributed by atoms with Crippen molar-refractivity contribution in [2.75, 3.05) is 31.1 Å². The molecule has 2 saturated heterocycles. The molecular formula is C19H28ClN3O. The molecule has 0 spiro atoms. The monoisotopic (exact) mass is 349 g/mol. The molecule has 1 aromatic rings. The highest BCUT2D eigenvalue weighted by Crippen LogP contribution is 2.25. The topological polar surface area (TPSA) is 44.4 Å². The van der Waals surface area contributed by atoms with E-state index < -0.39 is 0 Å². The SMILES string of the molecule is CC(CC(=O)NC1CCN(c2cccc(Cl)c2)C1)C1CCNCC1. The van der Waals surface area contributed by atoms with Crippen molar-refractivity contribution >= 4 is 23.2 Å². The summed E-state index contributed by atoms with van der Waals surface area (Å²) in [5.74, 6) is 1.36. The maximum atomic E-state index is 12.4. The Morgan fingerprint density at radius 2 is 2.17 bits per heavy atom. The van der Waals surface area contributed by atoms with Crippen LogP contribution in [0.4, 0.5) is 5.69 Å². The van der Waals surface area contributed by atoms with E-state index in [9.17, 15) is 4.79 Å². The van der Waals surface area contributed by atoms with E-state index in [2.05, 4.69) is 28.5 Å². The Bertz CT molecular complexity index is 559. The highest BCUT2D eigenvalue weighted by Gasteiger charge is 2.26. The van der Waals surface area contributed by atoms with Crippen LogP contribution in [0.15, 0.2) is 24.3 Å². The van der Waals surface area contributed by atoms with Gasteiger partial charge >= 0.3 is 0 Å². The second kappa shape index (κ2) is 8.21. The number of carbonyl (C=O) groups is 1. The predicted octanol–water partition coefficient (Wildman–Crippen LogP) is 3.06. The number of nitrogens with one attached hydrogen (secondary N) is 2. The van der Waals surface area contributed by atoms with E-state index in [1.165, 1.54) is 12.8 Å². The van der Waals surface area contributed by atoms with E-state index in [0.29, 0.717) is 18.3 Å². The molecule has 2 heterocycles. The fraction of sp³-hybridized carbons (Fsp3) is 0.632. The number of benzene rings is 1. The molecule has 132 valence electrons. The zero-order chi connectivity index (χ0) is 16.9. The second-order valence-electron chi connectivity index (χ2n) is 7.25. The normalized spacial score (nSPS) is 23.2. The molecule has 0 radical (unpaired) electrons. The van der Waals surface area contributed by atoms with Crippen LogP contribution in [0.2, 0.25) is 5.02 Å². The van der Waals surface area contributed by atoms with Crippen molar-refractivity contribution in [3.8, 4) is 0 Å². The minimum atomic E-state index is 0.207. The van der Waals surface area contributed by atoms with E-state index in [0.717, 1.165) is 43.3 Å². The molecule has 5 heteroatoms. The van der Waals surface area contributed by atoms with Gasteiger partial charge in [0.05, 0.1) is 0 Å². The third-order valence-corrected chi connectivity index (χ3v) is 5.66. The van der Waals surface area contributed by atoms with E-state index in [-0.39, 0.29) is 11.9 Å². The number of hydrogen-bond acceptors (Lipinski definition) is 3. The van der Waals surface area contributed by atoms with Crippen LogP contribution in [0.3, 0.4) is 0 Å². The van der Waals surface area contributed by atoms with Gasteiger partial charge in [-0.05, 0) is 62.4 Å². The van der Waals surface area contributed by atoms with Gasteiger partial charge in [0, 0.05) is 36.3 Å². The summed E-state index contributed by atoms with van der Waals surface area (Å²) < 4.78 is 0. The number of anilines is 1. The lowest BCUT2D eigenvalue weighted by atomic mass is 9.84. The summed E-state index contributed by atoms with van der Waals surface area (Å²) in [5, 5.41) is 7.38. The standard InChI is InChI=1S/C19H28ClN3O/c1-14(15-5-8-21-9-6-15)11-19(24)22-17-7-10-23(13-17)18-4-2-3-16(20)12-18/h2-4,12,14-15,17,21H,5-11,13H2,1H3,(H,22,24). The minimum absolute atomic E-state index is 0.207. The van der Waals surface area contributed by atoms with Gasteiger partial charge in [0.25, 0.3) is 0 Å². The summed E-state index contributed by atoms with van der Waals surface area (Å²) in [6.07, 6.45) is 4.04. The number of hydrogen-bond donors (Lipinski definition) is 2. The zero-order valence-corrected chi connectivity index (χ0v) is 15.2. The van der Waals surface area contributed by atoms with E-state index >= 15 is 0 Å². The molecule has 0 aliphatic carbocycles. The van der Waals surface area contributed by atoms with Crippen LogP contribution in [0.5, 0.6) is 0 Å². The molecule has 1 aromatic carbocycles. The van der Waals surface area contributed by atoms with Gasteiger partial charge in [-0.25, -0.2) is 0 Å². The maximum Gasteiger partial charge on any atom is 0.220 e. The van der Waals surface area contributed by atoms with E-state index in [1.807, 2.05) is 18.2 Å². The van der Waals surface area contributed by atoms with Crippen molar-refractivity contribution in [3.63, 3.8) is 0 Å².